The molecule has 1 amide bonds. The number of amides is 1. The zero-order valence-corrected chi connectivity index (χ0v) is 19.6. The molecule has 2 aromatic carbocycles. The van der Waals surface area contributed by atoms with Gasteiger partial charge in [-0.15, -0.1) is 0 Å². The van der Waals surface area contributed by atoms with E-state index in [1.807, 2.05) is 48.5 Å². The van der Waals surface area contributed by atoms with E-state index in [1.54, 1.807) is 13.3 Å². The third-order valence-corrected chi connectivity index (χ3v) is 6.44. The Labute approximate surface area is 203 Å². The summed E-state index contributed by atoms with van der Waals surface area (Å²) in [6, 6.07) is 15.8. The number of aliphatic imine (C=N–C) groups is 1. The molecule has 178 valence electrons. The monoisotopic (exact) mass is 468 g/mol. The quantitative estimate of drug-likeness (QED) is 0.359. The van der Waals surface area contributed by atoms with Gasteiger partial charge in [0.05, 0.1) is 11.1 Å². The highest BCUT2D eigenvalue weighted by Crippen LogP contribution is 2.39. The molecule has 8 nitrogen and oxygen atoms in total. The number of aromatic nitrogens is 3. The molecule has 1 aliphatic rings. The van der Waals surface area contributed by atoms with Crippen LogP contribution in [0.15, 0.2) is 66.0 Å². The van der Waals surface area contributed by atoms with Crippen molar-refractivity contribution in [2.75, 3.05) is 18.1 Å². The van der Waals surface area contributed by atoms with Crippen molar-refractivity contribution < 1.29 is 9.53 Å². The number of nitrogens with zero attached hydrogens (tertiary/aromatic N) is 4. The molecule has 0 spiro atoms. The third kappa shape index (κ3) is 4.73. The van der Waals surface area contributed by atoms with Crippen molar-refractivity contribution >= 4 is 34.8 Å². The van der Waals surface area contributed by atoms with Crippen LogP contribution in [0.3, 0.4) is 0 Å². The van der Waals surface area contributed by atoms with Gasteiger partial charge in [0.1, 0.15) is 24.4 Å². The number of fused-ring (bicyclic) bond motifs is 1. The van der Waals surface area contributed by atoms with E-state index in [2.05, 4.69) is 31.0 Å². The van der Waals surface area contributed by atoms with Gasteiger partial charge in [-0.3, -0.25) is 10.3 Å². The van der Waals surface area contributed by atoms with Crippen LogP contribution >= 0.6 is 0 Å². The summed E-state index contributed by atoms with van der Waals surface area (Å²) in [6.07, 6.45) is 9.56. The van der Waals surface area contributed by atoms with Crippen LogP contribution in [-0.2, 0) is 11.3 Å². The van der Waals surface area contributed by atoms with Gasteiger partial charge in [0.15, 0.2) is 0 Å². The molecule has 0 aliphatic heterocycles. The molecular formula is C27H28N6O2. The highest BCUT2D eigenvalue weighted by molar-refractivity contribution is 6.03. The Morgan fingerprint density at radius 2 is 2.00 bits per heavy atom. The standard InChI is InChI=1S/C27H28N6O2/c1-29-14-20-13-19(11-12-23(20)32-27(34)35-16-18-7-3-2-4-8-18)22-15-33(21-9-5-6-10-21)26-24(22)25(28)30-17-31-26/h2-4,7-8,11-15,17,21H,5-6,9-10,16H2,1H3,(H,32,34)(H2,28,30,31). The van der Waals surface area contributed by atoms with Crippen LogP contribution in [0.4, 0.5) is 16.3 Å². The third-order valence-electron chi connectivity index (χ3n) is 6.44. The Bertz CT molecular complexity index is 1370. The van der Waals surface area contributed by atoms with Crippen molar-refractivity contribution in [3.05, 3.63) is 72.2 Å². The second-order valence-corrected chi connectivity index (χ2v) is 8.72. The molecule has 0 unspecified atom stereocenters. The second kappa shape index (κ2) is 9.97. The highest BCUT2D eigenvalue weighted by atomic mass is 16.5. The van der Waals surface area contributed by atoms with Crippen molar-refractivity contribution in [1.29, 1.82) is 0 Å². The van der Waals surface area contributed by atoms with Crippen molar-refractivity contribution in [2.24, 2.45) is 4.99 Å². The van der Waals surface area contributed by atoms with E-state index in [-0.39, 0.29) is 6.61 Å². The van der Waals surface area contributed by atoms with E-state index in [0.29, 0.717) is 17.5 Å². The van der Waals surface area contributed by atoms with Gasteiger partial charge >= 0.3 is 6.09 Å². The molecule has 35 heavy (non-hydrogen) atoms. The van der Waals surface area contributed by atoms with Crippen LogP contribution in [-0.4, -0.2) is 33.9 Å². The summed E-state index contributed by atoms with van der Waals surface area (Å²) in [5.41, 5.74) is 11.4. The van der Waals surface area contributed by atoms with Crippen LogP contribution < -0.4 is 11.1 Å². The van der Waals surface area contributed by atoms with Crippen molar-refractivity contribution in [1.82, 2.24) is 14.5 Å². The zero-order chi connectivity index (χ0) is 24.2. The normalized spacial score (nSPS) is 14.1. The number of carbonyl (C=O) groups excluding carboxylic acids is 1. The number of carbonyl (C=O) groups is 1. The van der Waals surface area contributed by atoms with E-state index in [0.717, 1.165) is 46.1 Å². The number of nitrogens with one attached hydrogen (secondary N) is 1. The van der Waals surface area contributed by atoms with Crippen LogP contribution in [0.1, 0.15) is 42.9 Å². The summed E-state index contributed by atoms with van der Waals surface area (Å²) in [7, 11) is 1.70. The first-order valence-corrected chi connectivity index (χ1v) is 11.8. The smallest absolute Gasteiger partial charge is 0.411 e. The van der Waals surface area contributed by atoms with E-state index < -0.39 is 6.09 Å². The molecule has 0 radical (unpaired) electrons. The second-order valence-electron chi connectivity index (χ2n) is 8.72. The molecule has 3 N–H and O–H groups in total. The molecule has 1 saturated carbocycles. The Balaban J connectivity index is 1.45. The Morgan fingerprint density at radius 1 is 1.20 bits per heavy atom. The maximum Gasteiger partial charge on any atom is 0.411 e. The fraction of sp³-hybridized carbons (Fsp3) is 0.259. The number of rotatable bonds is 6. The maximum atomic E-state index is 12.5. The molecule has 1 aliphatic carbocycles. The molecule has 2 heterocycles. The maximum absolute atomic E-state index is 12.5. The molecule has 0 bridgehead atoms. The van der Waals surface area contributed by atoms with Gasteiger partial charge in [0.2, 0.25) is 0 Å². The predicted octanol–water partition coefficient (Wildman–Crippen LogP) is 5.59. The summed E-state index contributed by atoms with van der Waals surface area (Å²) >= 11 is 0. The molecule has 8 heteroatoms. The van der Waals surface area contributed by atoms with Gasteiger partial charge in [-0.25, -0.2) is 14.8 Å². The van der Waals surface area contributed by atoms with Gasteiger partial charge in [0, 0.05) is 36.6 Å². The largest absolute Gasteiger partial charge is 0.444 e. The molecule has 2 aromatic heterocycles. The SMILES string of the molecule is CN=Cc1cc(-c2cn(C3CCCC3)c3ncnc(N)c23)ccc1NC(=O)OCc1ccccc1. The first-order valence-electron chi connectivity index (χ1n) is 11.8. The first kappa shape index (κ1) is 22.6. The fourth-order valence-corrected chi connectivity index (χ4v) is 4.75. The first-order chi connectivity index (χ1) is 17.1. The summed E-state index contributed by atoms with van der Waals surface area (Å²) in [5.74, 6) is 0.458. The van der Waals surface area contributed by atoms with Crippen molar-refractivity contribution in [2.45, 2.75) is 38.3 Å². The summed E-state index contributed by atoms with van der Waals surface area (Å²) in [4.78, 5) is 25.4. The molecule has 1 fully saturated rings. The number of nitrogens with two attached hydrogens (primary N) is 1. The lowest BCUT2D eigenvalue weighted by Crippen LogP contribution is -2.14. The average Bonchev–Trinajstić information content (AvgIpc) is 3.53. The number of nitrogen functional groups attached to an aromatic ring is 1. The number of hydrogen-bond acceptors (Lipinski definition) is 6. The molecule has 0 saturated heterocycles. The minimum Gasteiger partial charge on any atom is -0.444 e. The number of benzene rings is 2. The minimum absolute atomic E-state index is 0.196. The van der Waals surface area contributed by atoms with Gasteiger partial charge < -0.3 is 15.0 Å². The van der Waals surface area contributed by atoms with E-state index in [9.17, 15) is 4.79 Å². The summed E-state index contributed by atoms with van der Waals surface area (Å²) in [5, 5.41) is 3.68. The summed E-state index contributed by atoms with van der Waals surface area (Å²) < 4.78 is 7.63. The van der Waals surface area contributed by atoms with Crippen molar-refractivity contribution in [3.8, 4) is 11.1 Å². The van der Waals surface area contributed by atoms with E-state index >= 15 is 0 Å². The lowest BCUT2D eigenvalue weighted by atomic mass is 10.0. The number of anilines is 2. The number of hydrogen-bond donors (Lipinski definition) is 2. The Hall–Kier alpha value is -4.20. The van der Waals surface area contributed by atoms with E-state index in [4.69, 9.17) is 10.5 Å². The lowest BCUT2D eigenvalue weighted by Gasteiger charge is -2.12. The van der Waals surface area contributed by atoms with Crippen molar-refractivity contribution in [3.63, 3.8) is 0 Å². The molecule has 0 atom stereocenters. The fourth-order valence-electron chi connectivity index (χ4n) is 4.75. The van der Waals surface area contributed by atoms with Gasteiger partial charge in [-0.2, -0.15) is 0 Å². The van der Waals surface area contributed by atoms with Gasteiger partial charge in [0.25, 0.3) is 0 Å². The van der Waals surface area contributed by atoms with Crippen LogP contribution in [0.25, 0.3) is 22.2 Å². The van der Waals surface area contributed by atoms with Crippen LogP contribution in [0.2, 0.25) is 0 Å². The topological polar surface area (TPSA) is 107 Å². The van der Waals surface area contributed by atoms with E-state index in [1.165, 1.54) is 19.2 Å². The summed E-state index contributed by atoms with van der Waals surface area (Å²) in [6.45, 7) is 0.196. The van der Waals surface area contributed by atoms with Gasteiger partial charge in [-0.05, 0) is 36.1 Å². The highest BCUT2D eigenvalue weighted by Gasteiger charge is 2.23. The van der Waals surface area contributed by atoms with Crippen LogP contribution in [0, 0.1) is 0 Å². The minimum atomic E-state index is -0.525. The zero-order valence-electron chi connectivity index (χ0n) is 19.6. The Morgan fingerprint density at radius 3 is 2.77 bits per heavy atom. The molecule has 5 rings (SSSR count). The molecular weight excluding hydrogens is 440 g/mol. The average molecular weight is 469 g/mol. The van der Waals surface area contributed by atoms with Gasteiger partial charge in [-0.1, -0.05) is 49.2 Å². The Kier molecular flexibility index (Phi) is 6.43. The van der Waals surface area contributed by atoms with Crippen LogP contribution in [0.5, 0.6) is 0 Å². The molecule has 4 aromatic rings. The lowest BCUT2D eigenvalue weighted by molar-refractivity contribution is 0.155. The predicted molar refractivity (Wildman–Crippen MR) is 139 cm³/mol. The number of ether oxygens (including phenoxy) is 1.